The first-order chi connectivity index (χ1) is 18.0. The number of nitrogens with two attached hydrogens (primary N) is 1. The fraction of sp³-hybridized carbons (Fsp3) is 0.333. The van der Waals surface area contributed by atoms with Crippen molar-refractivity contribution in [3.05, 3.63) is 82.5 Å². The van der Waals surface area contributed by atoms with Gasteiger partial charge in [0, 0.05) is 30.4 Å². The van der Waals surface area contributed by atoms with E-state index in [0.29, 0.717) is 47.3 Å². The van der Waals surface area contributed by atoms with Crippen LogP contribution in [-0.2, 0) is 23.4 Å². The second kappa shape index (κ2) is 9.88. The van der Waals surface area contributed by atoms with Crippen LogP contribution in [0.2, 0.25) is 0 Å². The van der Waals surface area contributed by atoms with E-state index in [0.717, 1.165) is 11.5 Å². The van der Waals surface area contributed by atoms with Crippen LogP contribution in [0.15, 0.2) is 46.9 Å². The van der Waals surface area contributed by atoms with Crippen LogP contribution in [-0.4, -0.2) is 43.7 Å². The van der Waals surface area contributed by atoms with Crippen LogP contribution in [0.3, 0.4) is 0 Å². The summed E-state index contributed by atoms with van der Waals surface area (Å²) in [6.07, 6.45) is 2.22. The molecule has 0 saturated carbocycles. The molecule has 0 spiro atoms. The highest BCUT2D eigenvalue weighted by Gasteiger charge is 2.35. The average molecular weight is 538 g/mol. The summed E-state index contributed by atoms with van der Waals surface area (Å²) < 4.78 is 20.5. The molecule has 0 radical (unpaired) electrons. The maximum Gasteiger partial charge on any atom is 0.272 e. The van der Waals surface area contributed by atoms with Crippen molar-refractivity contribution < 1.29 is 23.5 Å². The van der Waals surface area contributed by atoms with Gasteiger partial charge in [-0.2, -0.15) is 0 Å². The number of nitrogens with zero attached hydrogens (tertiary/aromatic N) is 3. The molecule has 11 heteroatoms. The number of rotatable bonds is 6. The summed E-state index contributed by atoms with van der Waals surface area (Å²) in [4.78, 5) is 36.5. The smallest absolute Gasteiger partial charge is 0.272 e. The molecule has 198 valence electrons. The van der Waals surface area contributed by atoms with E-state index in [1.165, 1.54) is 17.8 Å². The second-order valence-corrected chi connectivity index (χ2v) is 11.1. The molecular formula is C27H28FN5O4S. The lowest BCUT2D eigenvalue weighted by atomic mass is 9.96. The molecule has 38 heavy (non-hydrogen) atoms. The molecule has 0 aliphatic carbocycles. The summed E-state index contributed by atoms with van der Waals surface area (Å²) in [6.45, 7) is 5.78. The number of halogens is 1. The maximum absolute atomic E-state index is 15.0. The summed E-state index contributed by atoms with van der Waals surface area (Å²) in [7, 11) is 0. The standard InChI is InChI=1S/C27H28FN5O4S/c1-14-30-20-13-33(10-9-21(20)37-14)26(35)19-5-4-6-23(31-19)32-25-17(24(29)34)12-22(38-25)16-8-7-15(11-18(16)28)27(2,3)36/h4-8,11-12,17,25,36H,9-10,13H2,1-3H3,(H2,29,34)(H,31,32). The number of nitrogens with one attached hydrogen (secondary N) is 1. The molecular weight excluding hydrogens is 509 g/mol. The Morgan fingerprint density at radius 2 is 2.05 bits per heavy atom. The molecule has 2 amide bonds. The van der Waals surface area contributed by atoms with Gasteiger partial charge < -0.3 is 25.5 Å². The number of primary amides is 1. The van der Waals surface area contributed by atoms with Gasteiger partial charge in [-0.1, -0.05) is 36.0 Å². The van der Waals surface area contributed by atoms with Crippen molar-refractivity contribution in [2.75, 3.05) is 11.9 Å². The van der Waals surface area contributed by atoms with Gasteiger partial charge in [0.05, 0.1) is 23.4 Å². The van der Waals surface area contributed by atoms with Gasteiger partial charge in [0.25, 0.3) is 5.91 Å². The van der Waals surface area contributed by atoms with E-state index in [-0.39, 0.29) is 11.6 Å². The lowest BCUT2D eigenvalue weighted by Gasteiger charge is -2.25. The van der Waals surface area contributed by atoms with Gasteiger partial charge in [0.1, 0.15) is 28.8 Å². The van der Waals surface area contributed by atoms with E-state index < -0.39 is 28.6 Å². The van der Waals surface area contributed by atoms with Crippen molar-refractivity contribution in [2.45, 2.75) is 44.7 Å². The third kappa shape index (κ3) is 5.16. The zero-order chi connectivity index (χ0) is 27.2. The van der Waals surface area contributed by atoms with E-state index in [1.54, 1.807) is 62.1 Å². The van der Waals surface area contributed by atoms with Gasteiger partial charge in [0.2, 0.25) is 5.91 Å². The lowest BCUT2D eigenvalue weighted by molar-refractivity contribution is -0.120. The SMILES string of the molecule is Cc1nc2c(o1)CCN(C(=O)c1cccc(NC3SC(c4ccc(C(C)(C)O)cc4F)=CC3C(N)=O)n1)C2. The molecule has 2 aliphatic rings. The third-order valence-corrected chi connectivity index (χ3v) is 7.84. The Morgan fingerprint density at radius 1 is 1.26 bits per heavy atom. The number of aliphatic hydroxyl groups is 1. The normalized spacial score (nSPS) is 19.2. The highest BCUT2D eigenvalue weighted by atomic mass is 32.2. The van der Waals surface area contributed by atoms with Crippen molar-refractivity contribution in [2.24, 2.45) is 11.7 Å². The molecule has 9 nitrogen and oxygen atoms in total. The predicted octanol–water partition coefficient (Wildman–Crippen LogP) is 3.57. The number of benzene rings is 1. The molecule has 0 saturated heterocycles. The van der Waals surface area contributed by atoms with E-state index in [9.17, 15) is 19.1 Å². The van der Waals surface area contributed by atoms with Gasteiger partial charge in [-0.3, -0.25) is 9.59 Å². The molecule has 2 atom stereocenters. The molecule has 2 aliphatic heterocycles. The van der Waals surface area contributed by atoms with Crippen LogP contribution in [0.25, 0.3) is 4.91 Å². The number of carbonyl (C=O) groups is 2. The van der Waals surface area contributed by atoms with E-state index in [1.807, 2.05) is 0 Å². The fourth-order valence-corrected chi connectivity index (χ4v) is 5.87. The van der Waals surface area contributed by atoms with Crippen LogP contribution in [0.5, 0.6) is 0 Å². The molecule has 2 unspecified atom stereocenters. The van der Waals surface area contributed by atoms with Gasteiger partial charge >= 0.3 is 0 Å². The zero-order valence-corrected chi connectivity index (χ0v) is 22.0. The number of fused-ring (bicyclic) bond motifs is 1. The molecule has 0 bridgehead atoms. The van der Waals surface area contributed by atoms with Gasteiger partial charge in [0.15, 0.2) is 5.89 Å². The molecule has 3 aromatic rings. The number of anilines is 1. The summed E-state index contributed by atoms with van der Waals surface area (Å²) in [5.41, 5.74) is 6.23. The first-order valence-corrected chi connectivity index (χ1v) is 13.1. The molecule has 4 heterocycles. The van der Waals surface area contributed by atoms with Crippen LogP contribution in [0.1, 0.15) is 52.8 Å². The second-order valence-electron chi connectivity index (χ2n) is 9.88. The first-order valence-electron chi connectivity index (χ1n) is 12.2. The number of thioether (sulfide) groups is 1. The molecule has 0 fully saturated rings. The predicted molar refractivity (Wildman–Crippen MR) is 141 cm³/mol. The largest absolute Gasteiger partial charge is 0.446 e. The quantitative estimate of drug-likeness (QED) is 0.434. The van der Waals surface area contributed by atoms with Crippen LogP contribution < -0.4 is 11.1 Å². The third-order valence-electron chi connectivity index (χ3n) is 6.56. The molecule has 1 aromatic carbocycles. The van der Waals surface area contributed by atoms with Crippen molar-refractivity contribution in [3.63, 3.8) is 0 Å². The number of carbonyl (C=O) groups excluding carboxylic acids is 2. The Morgan fingerprint density at radius 3 is 2.76 bits per heavy atom. The Labute approximate surface area is 223 Å². The molecule has 2 aromatic heterocycles. The summed E-state index contributed by atoms with van der Waals surface area (Å²) in [5.74, 6) is -0.281. The van der Waals surface area contributed by atoms with Gasteiger partial charge in [-0.25, -0.2) is 14.4 Å². The topological polar surface area (TPSA) is 135 Å². The number of amides is 2. The van der Waals surface area contributed by atoms with Crippen LogP contribution in [0, 0.1) is 18.7 Å². The van der Waals surface area contributed by atoms with E-state index in [2.05, 4.69) is 15.3 Å². The summed E-state index contributed by atoms with van der Waals surface area (Å²) in [5, 5.41) is 12.8. The van der Waals surface area contributed by atoms with Crippen LogP contribution >= 0.6 is 11.8 Å². The minimum Gasteiger partial charge on any atom is -0.446 e. The van der Waals surface area contributed by atoms with Crippen molar-refractivity contribution >= 4 is 34.3 Å². The number of aromatic nitrogens is 2. The molecule has 5 rings (SSSR count). The Bertz CT molecular complexity index is 1450. The Balaban J connectivity index is 1.32. The lowest BCUT2D eigenvalue weighted by Crippen LogP contribution is -2.36. The Kier molecular flexibility index (Phi) is 6.74. The number of aryl methyl sites for hydroxylation is 1. The highest BCUT2D eigenvalue weighted by Crippen LogP contribution is 2.43. The van der Waals surface area contributed by atoms with E-state index in [4.69, 9.17) is 10.2 Å². The first kappa shape index (κ1) is 25.9. The maximum atomic E-state index is 15.0. The minimum absolute atomic E-state index is 0.238. The number of hydrogen-bond acceptors (Lipinski definition) is 8. The number of pyridine rings is 1. The molecule has 4 N–H and O–H groups in total. The number of oxazole rings is 1. The Hall–Kier alpha value is -3.70. The fourth-order valence-electron chi connectivity index (χ4n) is 4.54. The average Bonchev–Trinajstić information content (AvgIpc) is 3.45. The summed E-state index contributed by atoms with van der Waals surface area (Å²) >= 11 is 1.25. The monoisotopic (exact) mass is 537 g/mol. The minimum atomic E-state index is -1.19. The highest BCUT2D eigenvalue weighted by molar-refractivity contribution is 8.09. The van der Waals surface area contributed by atoms with Crippen molar-refractivity contribution in [1.29, 1.82) is 0 Å². The van der Waals surface area contributed by atoms with Crippen molar-refractivity contribution in [1.82, 2.24) is 14.9 Å². The van der Waals surface area contributed by atoms with E-state index >= 15 is 0 Å². The number of hydrogen-bond donors (Lipinski definition) is 3. The van der Waals surface area contributed by atoms with Crippen LogP contribution in [0.4, 0.5) is 10.2 Å². The van der Waals surface area contributed by atoms with Gasteiger partial charge in [-0.05, 0) is 37.6 Å². The zero-order valence-electron chi connectivity index (χ0n) is 21.2. The summed E-state index contributed by atoms with van der Waals surface area (Å²) in [6, 6.07) is 9.56. The van der Waals surface area contributed by atoms with Crippen molar-refractivity contribution in [3.8, 4) is 0 Å². The van der Waals surface area contributed by atoms with Gasteiger partial charge in [-0.15, -0.1) is 0 Å².